The Morgan fingerprint density at radius 1 is 1.05 bits per heavy atom. The van der Waals surface area contributed by atoms with Crippen molar-refractivity contribution >= 4 is 79.3 Å². The number of alkyl halides is 1. The first-order chi connectivity index (χ1) is 30.3. The van der Waals surface area contributed by atoms with E-state index in [1.165, 1.54) is 15.5 Å². The van der Waals surface area contributed by atoms with Crippen LogP contribution in [0.2, 0.25) is 18.1 Å². The van der Waals surface area contributed by atoms with Crippen molar-refractivity contribution in [1.82, 2.24) is 34.1 Å². The second kappa shape index (κ2) is 18.1. The standard InChI is InChI=1S/C37H43F2N9O11P2S2Si/c1-37(2,3)64(4,5)59-28-23-16-54-61(63,52-13-9-12-40)58-27-22(15-53-60(51,62)57-29(28)36(56-23)47-14-21(38)24-31(47)42-18-44-34(24)50)55-35(25(27)39)48-19-45-26-30(41-17-43-32(26)48)46-33(49)20-10-7-6-8-11-20/h6-8,10-11,14,17-19,22-23,25,27-29,35-36H,9,13,15-16H2,1-5H3,(H,51,62)(H,42,44,50)(H,41,43,46,49)/t22-,23-,25-,27-,28?,29-,35-,36-,60?,61?/m1/s1. The van der Waals surface area contributed by atoms with Gasteiger partial charge >= 0.3 is 13.4 Å². The van der Waals surface area contributed by atoms with Crippen LogP contribution in [0, 0.1) is 17.1 Å². The fourth-order valence-corrected chi connectivity index (χ4v) is 11.9. The Bertz CT molecular complexity index is 2760. The minimum Gasteiger partial charge on any atom is -0.408 e. The molecule has 3 aliphatic rings. The van der Waals surface area contributed by atoms with Gasteiger partial charge in [-0.2, -0.15) is 5.26 Å². The summed E-state index contributed by atoms with van der Waals surface area (Å²) in [5.41, 5.74) is -0.312. The van der Waals surface area contributed by atoms with Crippen LogP contribution in [-0.4, -0.2) is 110 Å². The van der Waals surface area contributed by atoms with Crippen LogP contribution < -0.4 is 10.9 Å². The van der Waals surface area contributed by atoms with E-state index in [1.807, 2.05) is 39.9 Å². The molecule has 2 bridgehead atoms. The second-order valence-corrected chi connectivity index (χ2v) is 27.0. The number of hydrogen-bond donors (Lipinski definition) is 3. The molecule has 64 heavy (non-hydrogen) atoms. The van der Waals surface area contributed by atoms with Crippen LogP contribution in [0.15, 0.2) is 60.3 Å². The summed E-state index contributed by atoms with van der Waals surface area (Å²) < 4.78 is 85.5. The van der Waals surface area contributed by atoms with Crippen LogP contribution >= 0.6 is 13.4 Å². The number of carbonyl (C=O) groups is 1. The number of benzene rings is 1. The summed E-state index contributed by atoms with van der Waals surface area (Å²) in [5, 5.41) is 11.3. The Hall–Kier alpha value is -3.83. The van der Waals surface area contributed by atoms with E-state index in [9.17, 15) is 19.7 Å². The molecule has 7 heterocycles. The molecule has 1 aromatic carbocycles. The summed E-state index contributed by atoms with van der Waals surface area (Å²) in [5.74, 6) is -1.34. The molecule has 0 aliphatic carbocycles. The van der Waals surface area contributed by atoms with Gasteiger partial charge in [-0.05, 0) is 53.9 Å². The molecule has 27 heteroatoms. The smallest absolute Gasteiger partial charge is 0.327 e. The Labute approximate surface area is 375 Å². The van der Waals surface area contributed by atoms with Crippen molar-refractivity contribution in [2.24, 2.45) is 0 Å². The molecule has 342 valence electrons. The van der Waals surface area contributed by atoms with Crippen molar-refractivity contribution in [2.45, 2.75) is 94.5 Å². The molecule has 3 N–H and O–H groups in total. The number of rotatable bonds is 9. The average Bonchev–Trinajstić information content (AvgIpc) is 3.99. The van der Waals surface area contributed by atoms with Crippen LogP contribution in [-0.2, 0) is 60.1 Å². The number of aromatic amines is 1. The Morgan fingerprint density at radius 3 is 2.52 bits per heavy atom. The van der Waals surface area contributed by atoms with Crippen molar-refractivity contribution in [3.8, 4) is 6.07 Å². The molecule has 0 radical (unpaired) electrons. The van der Waals surface area contributed by atoms with Crippen molar-refractivity contribution in [2.75, 3.05) is 25.1 Å². The fourth-order valence-electron chi connectivity index (χ4n) is 7.12. The molecule has 20 nitrogen and oxygen atoms in total. The number of aromatic nitrogens is 7. The molecule has 10 atom stereocenters. The highest BCUT2D eigenvalue weighted by atomic mass is 32.5. The van der Waals surface area contributed by atoms with E-state index in [2.05, 4.69) is 30.2 Å². The van der Waals surface area contributed by atoms with Gasteiger partial charge in [0.1, 0.15) is 42.2 Å². The molecule has 5 aromatic rings. The molecule has 3 fully saturated rings. The summed E-state index contributed by atoms with van der Waals surface area (Å²) in [7, 11) is -2.78. The van der Waals surface area contributed by atoms with Gasteiger partial charge in [0, 0.05) is 11.8 Å². The van der Waals surface area contributed by atoms with E-state index in [1.54, 1.807) is 30.3 Å². The first-order valence-corrected chi connectivity index (χ1v) is 27.9. The molecular formula is C37H43F2N9O11P2S2Si. The third-order valence-corrected chi connectivity index (χ3v) is 19.7. The Kier molecular flexibility index (Phi) is 13.2. The first kappa shape index (κ1) is 46.7. The zero-order valence-electron chi connectivity index (χ0n) is 34.8. The van der Waals surface area contributed by atoms with Gasteiger partial charge in [-0.15, -0.1) is 0 Å². The van der Waals surface area contributed by atoms with Gasteiger partial charge in [-0.1, -0.05) is 39.0 Å². The number of carbonyl (C=O) groups excluding carboxylic acids is 1. The molecule has 8 rings (SSSR count). The molecule has 1 amide bonds. The summed E-state index contributed by atoms with van der Waals surface area (Å²) in [6.07, 6.45) is -7.23. The molecular weight excluding hydrogens is 939 g/mol. The first-order valence-electron chi connectivity index (χ1n) is 19.8. The summed E-state index contributed by atoms with van der Waals surface area (Å²) in [6, 6.07) is 10.4. The number of anilines is 1. The predicted octanol–water partition coefficient (Wildman–Crippen LogP) is 5.67. The number of nitrogens with zero attached hydrogens (tertiary/aromatic N) is 7. The third kappa shape index (κ3) is 9.27. The summed E-state index contributed by atoms with van der Waals surface area (Å²) in [6.45, 7) is 0.0570. The minimum atomic E-state index is -4.42. The lowest BCUT2D eigenvalue weighted by Crippen LogP contribution is -2.50. The van der Waals surface area contributed by atoms with Crippen LogP contribution in [0.4, 0.5) is 14.6 Å². The van der Waals surface area contributed by atoms with Crippen LogP contribution in [0.5, 0.6) is 0 Å². The van der Waals surface area contributed by atoms with E-state index >= 15 is 8.78 Å². The van der Waals surface area contributed by atoms with Crippen LogP contribution in [0.25, 0.3) is 22.2 Å². The van der Waals surface area contributed by atoms with Crippen molar-refractivity contribution < 1.29 is 55.0 Å². The summed E-state index contributed by atoms with van der Waals surface area (Å²) in [4.78, 5) is 57.0. The highest BCUT2D eigenvalue weighted by molar-refractivity contribution is 8.07. The van der Waals surface area contributed by atoms with Gasteiger partial charge < -0.3 is 47.2 Å². The van der Waals surface area contributed by atoms with Crippen molar-refractivity contribution in [3.05, 3.63) is 77.2 Å². The van der Waals surface area contributed by atoms with Crippen LogP contribution in [0.1, 0.15) is 50.0 Å². The number of amides is 1. The van der Waals surface area contributed by atoms with Gasteiger partial charge in [-0.25, -0.2) is 28.7 Å². The zero-order valence-corrected chi connectivity index (χ0v) is 39.2. The molecule has 3 unspecified atom stereocenters. The van der Waals surface area contributed by atoms with E-state index in [4.69, 9.17) is 60.1 Å². The SMILES string of the molecule is CC(C)(C)[Si](C)(C)OC1[C@H]2OP(O)(=S)OC[C@H]3O[C@@H](n4cnc5c(NC(=O)c6ccccc6)ncnc54)[C@H](F)[C@@H]3OP(=S)(OCCC#N)OC[C@H]1O[C@H]2n1cc(F)c2c(=O)[nH]cnc21. The highest BCUT2D eigenvalue weighted by Crippen LogP contribution is 2.57. The van der Waals surface area contributed by atoms with Gasteiger partial charge in [0.2, 0.25) is 0 Å². The maximum atomic E-state index is 17.1. The van der Waals surface area contributed by atoms with E-state index in [0.717, 1.165) is 18.9 Å². The van der Waals surface area contributed by atoms with Gasteiger partial charge in [0.25, 0.3) is 11.5 Å². The van der Waals surface area contributed by atoms with Gasteiger partial charge in [0.05, 0.1) is 45.0 Å². The molecule has 3 aliphatic heterocycles. The van der Waals surface area contributed by atoms with Gasteiger partial charge in [0.15, 0.2) is 55.4 Å². The quantitative estimate of drug-likeness (QED) is 0.0916. The average molecular weight is 982 g/mol. The molecule has 0 spiro atoms. The lowest BCUT2D eigenvalue weighted by molar-refractivity contribution is -0.0612. The van der Waals surface area contributed by atoms with E-state index < -0.39 is 101 Å². The lowest BCUT2D eigenvalue weighted by Gasteiger charge is -2.41. The van der Waals surface area contributed by atoms with Crippen molar-refractivity contribution in [1.29, 1.82) is 5.26 Å². The number of nitrogens with one attached hydrogen (secondary N) is 2. The molecule has 4 aromatic heterocycles. The van der Waals surface area contributed by atoms with Crippen molar-refractivity contribution in [3.63, 3.8) is 0 Å². The minimum absolute atomic E-state index is 0.0466. The predicted molar refractivity (Wildman–Crippen MR) is 233 cm³/mol. The maximum Gasteiger partial charge on any atom is 0.327 e. The van der Waals surface area contributed by atoms with E-state index in [0.29, 0.717) is 5.56 Å². The second-order valence-electron chi connectivity index (χ2n) is 16.5. The highest BCUT2D eigenvalue weighted by Gasteiger charge is 2.56. The number of fused-ring (bicyclic) bond motifs is 5. The number of ether oxygens (including phenoxy) is 2. The molecule has 3 saturated heterocycles. The topological polar surface area (TPSA) is 241 Å². The monoisotopic (exact) mass is 981 g/mol. The normalized spacial score (nSPS) is 30.3. The third-order valence-electron chi connectivity index (χ3n) is 11.3. The Morgan fingerprint density at radius 2 is 1.78 bits per heavy atom. The largest absolute Gasteiger partial charge is 0.408 e. The zero-order chi connectivity index (χ0) is 45.8. The number of nitriles is 1. The number of halogens is 2. The fraction of sp³-hybridized carbons (Fsp3) is 0.486. The maximum absolute atomic E-state index is 17.1. The molecule has 0 saturated carbocycles. The number of H-pyrrole nitrogens is 1. The summed E-state index contributed by atoms with van der Waals surface area (Å²) >= 11 is 11.5. The van der Waals surface area contributed by atoms with Gasteiger partial charge in [-0.3, -0.25) is 23.2 Å². The van der Waals surface area contributed by atoms with E-state index in [-0.39, 0.29) is 46.1 Å². The lowest BCUT2D eigenvalue weighted by atomic mass is 10.1. The number of hydrogen-bond acceptors (Lipinski definition) is 17. The van der Waals surface area contributed by atoms with Crippen LogP contribution in [0.3, 0.4) is 0 Å². The number of imidazole rings is 1. The Balaban J connectivity index is 1.16.